The Hall–Kier alpha value is -1.06. The summed E-state index contributed by atoms with van der Waals surface area (Å²) >= 11 is 0. The molecule has 0 aliphatic heterocycles. The first-order valence-corrected chi connectivity index (χ1v) is 5.42. The molecule has 1 aromatic carbocycles. The monoisotopic (exact) mass is 208 g/mol. The molecule has 1 rings (SSSR count). The van der Waals surface area contributed by atoms with E-state index in [9.17, 15) is 5.11 Å². The Kier molecular flexibility index (Phi) is 4.59. The van der Waals surface area contributed by atoms with Gasteiger partial charge in [-0.3, -0.25) is 4.90 Å². The smallest absolute Gasteiger partial charge is 0.115 e. The van der Waals surface area contributed by atoms with Crippen LogP contribution in [0.4, 0.5) is 0 Å². The van der Waals surface area contributed by atoms with Crippen molar-refractivity contribution in [2.24, 2.45) is 5.73 Å². The maximum Gasteiger partial charge on any atom is 0.115 e. The lowest BCUT2D eigenvalue weighted by molar-refractivity contribution is 0.228. The Morgan fingerprint density at radius 2 is 2.20 bits per heavy atom. The van der Waals surface area contributed by atoms with Crippen LogP contribution in [0, 0.1) is 0 Å². The fourth-order valence-electron chi connectivity index (χ4n) is 1.79. The first-order chi connectivity index (χ1) is 7.19. The van der Waals surface area contributed by atoms with Crippen LogP contribution in [0.25, 0.3) is 0 Å². The quantitative estimate of drug-likeness (QED) is 0.775. The highest BCUT2D eigenvalue weighted by Crippen LogP contribution is 2.22. The van der Waals surface area contributed by atoms with Crippen molar-refractivity contribution in [3.63, 3.8) is 0 Å². The van der Waals surface area contributed by atoms with Crippen LogP contribution in [0.3, 0.4) is 0 Å². The minimum absolute atomic E-state index is 0.297. The Bertz CT molecular complexity index is 301. The van der Waals surface area contributed by atoms with Gasteiger partial charge in [0.05, 0.1) is 0 Å². The predicted molar refractivity (Wildman–Crippen MR) is 62.8 cm³/mol. The van der Waals surface area contributed by atoms with Gasteiger partial charge in [-0.15, -0.1) is 0 Å². The molecule has 0 aromatic heterocycles. The van der Waals surface area contributed by atoms with Crippen molar-refractivity contribution < 1.29 is 5.11 Å². The van der Waals surface area contributed by atoms with Gasteiger partial charge in [0.2, 0.25) is 0 Å². The van der Waals surface area contributed by atoms with Gasteiger partial charge in [0, 0.05) is 19.1 Å². The molecule has 0 bridgehead atoms. The maximum absolute atomic E-state index is 9.40. The number of nitrogens with two attached hydrogens (primary N) is 1. The zero-order valence-electron chi connectivity index (χ0n) is 9.48. The second-order valence-corrected chi connectivity index (χ2v) is 3.69. The van der Waals surface area contributed by atoms with Gasteiger partial charge >= 0.3 is 0 Å². The Morgan fingerprint density at radius 3 is 2.73 bits per heavy atom. The van der Waals surface area contributed by atoms with Crippen molar-refractivity contribution in [2.45, 2.75) is 19.9 Å². The lowest BCUT2D eigenvalue weighted by Crippen LogP contribution is -2.31. The molecule has 0 heterocycles. The standard InChI is InChI=1S/C12H20N2O/c1-3-14(8-7-13)10(2)11-5-4-6-12(15)9-11/h4-6,9-10,15H,3,7-8,13H2,1-2H3. The average Bonchev–Trinajstić information content (AvgIpc) is 2.25. The molecule has 0 saturated heterocycles. The number of nitrogens with zero attached hydrogens (tertiary/aromatic N) is 1. The van der Waals surface area contributed by atoms with Crippen LogP contribution in [0.15, 0.2) is 24.3 Å². The summed E-state index contributed by atoms with van der Waals surface area (Å²) in [7, 11) is 0. The van der Waals surface area contributed by atoms with E-state index in [4.69, 9.17) is 5.73 Å². The van der Waals surface area contributed by atoms with Gasteiger partial charge in [0.1, 0.15) is 5.75 Å². The number of phenolic OH excluding ortho intramolecular Hbond substituents is 1. The highest BCUT2D eigenvalue weighted by molar-refractivity contribution is 5.29. The molecular weight excluding hydrogens is 188 g/mol. The van der Waals surface area contributed by atoms with Gasteiger partial charge in [0.25, 0.3) is 0 Å². The second-order valence-electron chi connectivity index (χ2n) is 3.69. The first kappa shape index (κ1) is 12.0. The lowest BCUT2D eigenvalue weighted by atomic mass is 10.1. The van der Waals surface area contributed by atoms with Crippen molar-refractivity contribution in [2.75, 3.05) is 19.6 Å². The minimum atomic E-state index is 0.297. The first-order valence-electron chi connectivity index (χ1n) is 5.42. The molecule has 1 atom stereocenters. The summed E-state index contributed by atoms with van der Waals surface area (Å²) in [6.07, 6.45) is 0. The van der Waals surface area contributed by atoms with Crippen LogP contribution < -0.4 is 5.73 Å². The molecule has 0 amide bonds. The highest BCUT2D eigenvalue weighted by atomic mass is 16.3. The van der Waals surface area contributed by atoms with Crippen molar-refractivity contribution in [3.05, 3.63) is 29.8 Å². The van der Waals surface area contributed by atoms with Gasteiger partial charge in [-0.2, -0.15) is 0 Å². The fourth-order valence-corrected chi connectivity index (χ4v) is 1.79. The summed E-state index contributed by atoms with van der Waals surface area (Å²) < 4.78 is 0. The normalized spacial score (nSPS) is 13.1. The topological polar surface area (TPSA) is 49.5 Å². The van der Waals surface area contributed by atoms with Crippen LogP contribution in [0.1, 0.15) is 25.5 Å². The molecule has 3 N–H and O–H groups in total. The van der Waals surface area contributed by atoms with Crippen molar-refractivity contribution in [1.29, 1.82) is 0 Å². The number of aromatic hydroxyl groups is 1. The van der Waals surface area contributed by atoms with Gasteiger partial charge in [0.15, 0.2) is 0 Å². The van der Waals surface area contributed by atoms with Crippen LogP contribution in [0.5, 0.6) is 5.75 Å². The summed E-state index contributed by atoms with van der Waals surface area (Å²) in [5, 5.41) is 9.40. The van der Waals surface area contributed by atoms with E-state index in [1.807, 2.05) is 18.2 Å². The van der Waals surface area contributed by atoms with Crippen LogP contribution >= 0.6 is 0 Å². The van der Waals surface area contributed by atoms with E-state index in [1.54, 1.807) is 6.07 Å². The van der Waals surface area contributed by atoms with Gasteiger partial charge in [-0.1, -0.05) is 19.1 Å². The van der Waals surface area contributed by atoms with E-state index in [1.165, 1.54) is 0 Å². The lowest BCUT2D eigenvalue weighted by Gasteiger charge is -2.27. The molecule has 0 aliphatic rings. The maximum atomic E-state index is 9.40. The molecule has 1 aromatic rings. The predicted octanol–water partition coefficient (Wildman–Crippen LogP) is 1.73. The van der Waals surface area contributed by atoms with E-state index in [-0.39, 0.29) is 0 Å². The number of hydrogen-bond donors (Lipinski definition) is 2. The van der Waals surface area contributed by atoms with Crippen molar-refractivity contribution in [3.8, 4) is 5.75 Å². The van der Waals surface area contributed by atoms with Crippen LogP contribution in [-0.2, 0) is 0 Å². The van der Waals surface area contributed by atoms with E-state index < -0.39 is 0 Å². The van der Waals surface area contributed by atoms with Crippen LogP contribution in [-0.4, -0.2) is 29.6 Å². The average molecular weight is 208 g/mol. The molecule has 84 valence electrons. The zero-order valence-corrected chi connectivity index (χ0v) is 9.48. The van der Waals surface area contributed by atoms with E-state index in [0.29, 0.717) is 18.3 Å². The van der Waals surface area contributed by atoms with E-state index >= 15 is 0 Å². The molecule has 15 heavy (non-hydrogen) atoms. The third-order valence-electron chi connectivity index (χ3n) is 2.72. The molecule has 0 spiro atoms. The molecule has 0 aliphatic carbocycles. The number of phenols is 1. The second kappa shape index (κ2) is 5.73. The largest absolute Gasteiger partial charge is 0.508 e. The summed E-state index contributed by atoms with van der Waals surface area (Å²) in [6.45, 7) is 6.77. The van der Waals surface area contributed by atoms with E-state index in [2.05, 4.69) is 18.7 Å². The number of benzene rings is 1. The van der Waals surface area contributed by atoms with Gasteiger partial charge in [-0.25, -0.2) is 0 Å². The third-order valence-corrected chi connectivity index (χ3v) is 2.72. The zero-order chi connectivity index (χ0) is 11.3. The number of hydrogen-bond acceptors (Lipinski definition) is 3. The molecule has 3 nitrogen and oxygen atoms in total. The van der Waals surface area contributed by atoms with Crippen LogP contribution in [0.2, 0.25) is 0 Å². The van der Waals surface area contributed by atoms with Crippen molar-refractivity contribution >= 4 is 0 Å². The minimum Gasteiger partial charge on any atom is -0.508 e. The number of likely N-dealkylation sites (N-methyl/N-ethyl adjacent to an activating group) is 1. The summed E-state index contributed by atoms with van der Waals surface area (Å²) in [6, 6.07) is 7.70. The van der Waals surface area contributed by atoms with Gasteiger partial charge in [-0.05, 0) is 31.2 Å². The Labute approximate surface area is 91.5 Å². The van der Waals surface area contributed by atoms with Gasteiger partial charge < -0.3 is 10.8 Å². The number of rotatable bonds is 5. The van der Waals surface area contributed by atoms with Crippen molar-refractivity contribution in [1.82, 2.24) is 4.90 Å². The molecule has 0 saturated carbocycles. The third kappa shape index (κ3) is 3.22. The SMILES string of the molecule is CCN(CCN)C(C)c1cccc(O)c1. The molecule has 1 unspecified atom stereocenters. The Balaban J connectivity index is 2.77. The summed E-state index contributed by atoms with van der Waals surface area (Å²) in [4.78, 5) is 2.29. The molecule has 0 radical (unpaired) electrons. The van der Waals surface area contributed by atoms with E-state index in [0.717, 1.165) is 18.7 Å². The summed E-state index contributed by atoms with van der Waals surface area (Å²) in [5.41, 5.74) is 6.69. The Morgan fingerprint density at radius 1 is 1.47 bits per heavy atom. The molecular formula is C12H20N2O. The summed E-state index contributed by atoms with van der Waals surface area (Å²) in [5.74, 6) is 0.322. The fraction of sp³-hybridized carbons (Fsp3) is 0.500. The highest BCUT2D eigenvalue weighted by Gasteiger charge is 2.13. The molecule has 0 fully saturated rings. The molecule has 3 heteroatoms.